The van der Waals surface area contributed by atoms with Crippen molar-refractivity contribution in [1.29, 1.82) is 0 Å². The lowest BCUT2D eigenvalue weighted by atomic mass is 9.98. The van der Waals surface area contributed by atoms with Crippen molar-refractivity contribution in [2.75, 3.05) is 7.11 Å². The van der Waals surface area contributed by atoms with Crippen LogP contribution in [0.5, 0.6) is 0 Å². The Morgan fingerprint density at radius 3 is 2.28 bits per heavy atom. The molecule has 0 fully saturated rings. The van der Waals surface area contributed by atoms with Gasteiger partial charge in [-0.1, -0.05) is 42.5 Å². The molecule has 1 N–H and O–H groups in total. The maximum absolute atomic E-state index is 13.1. The predicted molar refractivity (Wildman–Crippen MR) is 67.6 cm³/mol. The minimum Gasteiger partial charge on any atom is -0.385 e. The van der Waals surface area contributed by atoms with Crippen molar-refractivity contribution in [2.24, 2.45) is 0 Å². The highest BCUT2D eigenvalue weighted by molar-refractivity contribution is 5.25. The third-order valence-corrected chi connectivity index (χ3v) is 2.86. The van der Waals surface area contributed by atoms with E-state index in [9.17, 15) is 9.50 Å². The largest absolute Gasteiger partial charge is 0.385 e. The Morgan fingerprint density at radius 1 is 1.00 bits per heavy atom. The van der Waals surface area contributed by atoms with Gasteiger partial charge in [0.15, 0.2) is 0 Å². The second kappa shape index (κ2) is 5.76. The first-order chi connectivity index (χ1) is 8.72. The lowest BCUT2D eigenvalue weighted by Gasteiger charge is -2.22. The van der Waals surface area contributed by atoms with Crippen molar-refractivity contribution >= 4 is 0 Å². The molecule has 18 heavy (non-hydrogen) atoms. The van der Waals surface area contributed by atoms with Gasteiger partial charge in [0.05, 0.1) is 0 Å². The van der Waals surface area contributed by atoms with Crippen molar-refractivity contribution < 1.29 is 14.2 Å². The molecule has 0 spiro atoms. The number of hydrogen-bond acceptors (Lipinski definition) is 2. The Bertz CT molecular complexity index is 499. The van der Waals surface area contributed by atoms with Gasteiger partial charge in [-0.05, 0) is 23.3 Å². The van der Waals surface area contributed by atoms with Gasteiger partial charge in [0.1, 0.15) is 18.0 Å². The molecule has 2 unspecified atom stereocenters. The molecule has 2 atom stereocenters. The van der Waals surface area contributed by atoms with E-state index in [4.69, 9.17) is 4.74 Å². The highest BCUT2D eigenvalue weighted by Crippen LogP contribution is 2.31. The quantitative estimate of drug-likeness (QED) is 0.897. The van der Waals surface area contributed by atoms with Gasteiger partial charge in [-0.15, -0.1) is 0 Å². The van der Waals surface area contributed by atoms with Gasteiger partial charge in [0.2, 0.25) is 0 Å². The summed E-state index contributed by atoms with van der Waals surface area (Å²) in [5.41, 5.74) is 1.36. The fourth-order valence-electron chi connectivity index (χ4n) is 1.96. The van der Waals surface area contributed by atoms with Gasteiger partial charge in [-0.3, -0.25) is 0 Å². The molecular weight excluding hydrogens is 231 g/mol. The van der Waals surface area contributed by atoms with E-state index in [1.807, 2.05) is 30.3 Å². The number of aliphatic hydroxyl groups is 1. The van der Waals surface area contributed by atoms with Gasteiger partial charge < -0.3 is 9.84 Å². The maximum Gasteiger partial charge on any atom is 0.123 e. The number of hydrogen-bond donors (Lipinski definition) is 1. The van der Waals surface area contributed by atoms with Gasteiger partial charge in [-0.2, -0.15) is 0 Å². The molecule has 0 aliphatic rings. The summed E-state index contributed by atoms with van der Waals surface area (Å²) in [7, 11) is 1.53. The van der Waals surface area contributed by atoms with E-state index in [2.05, 4.69) is 0 Å². The van der Waals surface area contributed by atoms with E-state index < -0.39 is 12.2 Å². The molecule has 0 radical (unpaired) electrons. The summed E-state index contributed by atoms with van der Waals surface area (Å²) < 4.78 is 18.5. The van der Waals surface area contributed by atoms with Crippen LogP contribution in [0.1, 0.15) is 23.3 Å². The lowest BCUT2D eigenvalue weighted by molar-refractivity contribution is -0.0150. The van der Waals surface area contributed by atoms with Crippen molar-refractivity contribution in [1.82, 2.24) is 0 Å². The Hall–Kier alpha value is -1.71. The highest BCUT2D eigenvalue weighted by Gasteiger charge is 2.22. The normalized spacial score (nSPS) is 14.2. The first-order valence-electron chi connectivity index (χ1n) is 5.73. The third kappa shape index (κ3) is 2.75. The van der Waals surface area contributed by atoms with Crippen LogP contribution in [-0.4, -0.2) is 12.2 Å². The molecule has 2 aromatic carbocycles. The van der Waals surface area contributed by atoms with E-state index in [0.29, 0.717) is 5.56 Å². The molecule has 0 bridgehead atoms. The summed E-state index contributed by atoms with van der Waals surface area (Å²) in [6.45, 7) is 0. The van der Waals surface area contributed by atoms with Crippen LogP contribution in [0.4, 0.5) is 4.39 Å². The average Bonchev–Trinajstić information content (AvgIpc) is 2.41. The molecule has 2 nitrogen and oxygen atoms in total. The van der Waals surface area contributed by atoms with E-state index in [1.54, 1.807) is 12.1 Å². The van der Waals surface area contributed by atoms with Crippen LogP contribution in [0.25, 0.3) is 0 Å². The van der Waals surface area contributed by atoms with Crippen molar-refractivity contribution in [3.05, 3.63) is 71.5 Å². The standard InChI is InChI=1S/C15H15FO2/c1-18-15(11-6-3-2-4-7-11)14(17)12-8-5-9-13(16)10-12/h2-10,14-15,17H,1H3. The molecule has 0 aliphatic heterocycles. The number of benzene rings is 2. The van der Waals surface area contributed by atoms with E-state index in [0.717, 1.165) is 5.56 Å². The first kappa shape index (κ1) is 12.7. The van der Waals surface area contributed by atoms with Crippen LogP contribution in [-0.2, 0) is 4.74 Å². The summed E-state index contributed by atoms with van der Waals surface area (Å²) >= 11 is 0. The van der Waals surface area contributed by atoms with Gasteiger partial charge in [0, 0.05) is 7.11 Å². The maximum atomic E-state index is 13.1. The Labute approximate surface area is 106 Å². The Kier molecular flexibility index (Phi) is 4.07. The zero-order chi connectivity index (χ0) is 13.0. The molecule has 94 valence electrons. The summed E-state index contributed by atoms with van der Waals surface area (Å²) in [6, 6.07) is 15.3. The Balaban J connectivity index is 2.28. The zero-order valence-electron chi connectivity index (χ0n) is 10.1. The number of halogens is 1. The van der Waals surface area contributed by atoms with Crippen LogP contribution in [0.3, 0.4) is 0 Å². The molecule has 2 aromatic rings. The zero-order valence-corrected chi connectivity index (χ0v) is 10.1. The molecule has 0 heterocycles. The summed E-state index contributed by atoms with van der Waals surface area (Å²) in [4.78, 5) is 0. The molecule has 2 rings (SSSR count). The van der Waals surface area contributed by atoms with E-state index in [1.165, 1.54) is 19.2 Å². The van der Waals surface area contributed by atoms with Crippen molar-refractivity contribution in [3.8, 4) is 0 Å². The van der Waals surface area contributed by atoms with Gasteiger partial charge >= 0.3 is 0 Å². The number of ether oxygens (including phenoxy) is 1. The average molecular weight is 246 g/mol. The molecule has 0 saturated carbocycles. The third-order valence-electron chi connectivity index (χ3n) is 2.86. The van der Waals surface area contributed by atoms with Gasteiger partial charge in [0.25, 0.3) is 0 Å². The Morgan fingerprint density at radius 2 is 1.67 bits per heavy atom. The van der Waals surface area contributed by atoms with Crippen LogP contribution >= 0.6 is 0 Å². The molecule has 3 heteroatoms. The smallest absolute Gasteiger partial charge is 0.123 e. The monoisotopic (exact) mass is 246 g/mol. The van der Waals surface area contributed by atoms with Crippen molar-refractivity contribution in [3.63, 3.8) is 0 Å². The molecule has 0 amide bonds. The predicted octanol–water partition coefficient (Wildman–Crippen LogP) is 3.25. The fourth-order valence-corrected chi connectivity index (χ4v) is 1.96. The molecular formula is C15H15FO2. The van der Waals surface area contributed by atoms with Crippen LogP contribution < -0.4 is 0 Å². The minimum absolute atomic E-state index is 0.366. The van der Waals surface area contributed by atoms with E-state index in [-0.39, 0.29) is 5.82 Å². The topological polar surface area (TPSA) is 29.5 Å². The number of aliphatic hydroxyl groups excluding tert-OH is 1. The van der Waals surface area contributed by atoms with Gasteiger partial charge in [-0.25, -0.2) is 4.39 Å². The van der Waals surface area contributed by atoms with Crippen LogP contribution in [0.2, 0.25) is 0 Å². The highest BCUT2D eigenvalue weighted by atomic mass is 19.1. The lowest BCUT2D eigenvalue weighted by Crippen LogP contribution is -2.13. The fraction of sp³-hybridized carbons (Fsp3) is 0.200. The molecule has 0 saturated heterocycles. The number of methoxy groups -OCH3 is 1. The van der Waals surface area contributed by atoms with Crippen LogP contribution in [0.15, 0.2) is 54.6 Å². The SMILES string of the molecule is COC(c1ccccc1)C(O)c1cccc(F)c1. The van der Waals surface area contributed by atoms with Crippen molar-refractivity contribution in [2.45, 2.75) is 12.2 Å². The second-order valence-corrected chi connectivity index (χ2v) is 4.07. The summed E-state index contributed by atoms with van der Waals surface area (Å²) in [6.07, 6.45) is -1.40. The minimum atomic E-state index is -0.895. The second-order valence-electron chi connectivity index (χ2n) is 4.07. The first-order valence-corrected chi connectivity index (χ1v) is 5.73. The van der Waals surface area contributed by atoms with Crippen LogP contribution in [0, 0.1) is 5.82 Å². The number of rotatable bonds is 4. The summed E-state index contributed by atoms with van der Waals surface area (Å²) in [5.74, 6) is -0.366. The molecule has 0 aromatic heterocycles. The summed E-state index contributed by atoms with van der Waals surface area (Å²) in [5, 5.41) is 10.3. The molecule has 0 aliphatic carbocycles. The van der Waals surface area contributed by atoms with E-state index >= 15 is 0 Å².